The summed E-state index contributed by atoms with van der Waals surface area (Å²) in [6.07, 6.45) is 3.53. The van der Waals surface area contributed by atoms with Crippen molar-refractivity contribution < 1.29 is 8.42 Å². The predicted molar refractivity (Wildman–Crippen MR) is 107 cm³/mol. The van der Waals surface area contributed by atoms with Crippen molar-refractivity contribution in [3.63, 3.8) is 0 Å². The summed E-state index contributed by atoms with van der Waals surface area (Å²) < 4.78 is 25.2. The summed E-state index contributed by atoms with van der Waals surface area (Å²) in [5.41, 5.74) is 0. The van der Waals surface area contributed by atoms with Gasteiger partial charge in [-0.3, -0.25) is 4.99 Å². The van der Waals surface area contributed by atoms with Crippen LogP contribution in [0.3, 0.4) is 0 Å². The monoisotopic (exact) mass is 394 g/mol. The first-order chi connectivity index (χ1) is 12.5. The molecular weight excluding hydrogens is 368 g/mol. The Hall–Kier alpha value is -1.93. The Bertz CT molecular complexity index is 817. The summed E-state index contributed by atoms with van der Waals surface area (Å²) in [6.45, 7) is 4.62. The molecule has 0 aliphatic carbocycles. The highest BCUT2D eigenvalue weighted by Gasteiger charge is 2.21. The molecule has 1 atom stereocenters. The number of hydrogen-bond donors (Lipinski definition) is 2. The van der Waals surface area contributed by atoms with Gasteiger partial charge in [0.25, 0.3) is 0 Å². The smallest absolute Gasteiger partial charge is 0.191 e. The average molecular weight is 395 g/mol. The van der Waals surface area contributed by atoms with Gasteiger partial charge in [-0.15, -0.1) is 11.3 Å². The van der Waals surface area contributed by atoms with Crippen molar-refractivity contribution in [1.82, 2.24) is 15.6 Å². The topological polar surface area (TPSA) is 83.4 Å². The maximum atomic E-state index is 12.6. The van der Waals surface area contributed by atoms with Gasteiger partial charge in [-0.05, 0) is 25.0 Å². The fourth-order valence-corrected chi connectivity index (χ4v) is 4.81. The van der Waals surface area contributed by atoms with Gasteiger partial charge >= 0.3 is 0 Å². The first kappa shape index (κ1) is 20.4. The fourth-order valence-electron chi connectivity index (χ4n) is 2.39. The van der Waals surface area contributed by atoms with Gasteiger partial charge in [0.1, 0.15) is 5.01 Å². The molecule has 0 amide bonds. The molecule has 8 heteroatoms. The molecule has 0 bridgehead atoms. The van der Waals surface area contributed by atoms with Crippen LogP contribution in [0.25, 0.3) is 0 Å². The second kappa shape index (κ2) is 9.68. The molecule has 0 spiro atoms. The molecule has 1 aromatic carbocycles. The molecule has 0 saturated carbocycles. The average Bonchev–Trinajstić information content (AvgIpc) is 3.13. The standard InChI is InChI=1S/C18H26N4O2S2/c1-4-14(13-26(23,24)16-9-7-6-8-10-16)22-18(19-3)21-12-17-20-11-15(5-2)25-17/h6-11,14H,4-5,12-13H2,1-3H3,(H2,19,21,22). The van der Waals surface area contributed by atoms with E-state index < -0.39 is 9.84 Å². The van der Waals surface area contributed by atoms with Crippen LogP contribution in [0.15, 0.2) is 46.4 Å². The number of rotatable bonds is 8. The molecule has 1 aromatic heterocycles. The second-order valence-electron chi connectivity index (χ2n) is 5.84. The first-order valence-electron chi connectivity index (χ1n) is 8.67. The predicted octanol–water partition coefficient (Wildman–Crippen LogP) is 2.62. The summed E-state index contributed by atoms with van der Waals surface area (Å²) in [5, 5.41) is 7.39. The lowest BCUT2D eigenvalue weighted by atomic mass is 10.3. The van der Waals surface area contributed by atoms with Crippen LogP contribution in [0.5, 0.6) is 0 Å². The third-order valence-corrected chi connectivity index (χ3v) is 6.91. The van der Waals surface area contributed by atoms with Crippen molar-refractivity contribution >= 4 is 27.1 Å². The van der Waals surface area contributed by atoms with E-state index in [4.69, 9.17) is 0 Å². The highest BCUT2D eigenvalue weighted by Crippen LogP contribution is 2.14. The first-order valence-corrected chi connectivity index (χ1v) is 11.1. The van der Waals surface area contributed by atoms with Gasteiger partial charge in [0.2, 0.25) is 0 Å². The Morgan fingerprint density at radius 1 is 1.27 bits per heavy atom. The summed E-state index contributed by atoms with van der Waals surface area (Å²) >= 11 is 1.67. The van der Waals surface area contributed by atoms with Crippen molar-refractivity contribution in [2.24, 2.45) is 4.99 Å². The molecule has 1 heterocycles. The zero-order valence-corrected chi connectivity index (χ0v) is 17.0. The molecule has 0 aliphatic rings. The lowest BCUT2D eigenvalue weighted by molar-refractivity contribution is 0.568. The third-order valence-electron chi connectivity index (χ3n) is 3.94. The molecule has 6 nitrogen and oxygen atoms in total. The lowest BCUT2D eigenvalue weighted by Crippen LogP contribution is -2.45. The number of aryl methyl sites for hydroxylation is 1. The molecular formula is C18H26N4O2S2. The molecule has 2 aromatic rings. The van der Waals surface area contributed by atoms with Crippen LogP contribution < -0.4 is 10.6 Å². The van der Waals surface area contributed by atoms with E-state index in [1.165, 1.54) is 4.88 Å². The Balaban J connectivity index is 1.96. The van der Waals surface area contributed by atoms with Crippen LogP contribution in [0.4, 0.5) is 0 Å². The number of nitrogens with one attached hydrogen (secondary N) is 2. The van der Waals surface area contributed by atoms with Crippen LogP contribution in [0.2, 0.25) is 0 Å². The number of aromatic nitrogens is 1. The molecule has 142 valence electrons. The molecule has 0 radical (unpaired) electrons. The normalized spacial score (nSPS) is 13.4. The van der Waals surface area contributed by atoms with E-state index in [0.717, 1.165) is 11.4 Å². The van der Waals surface area contributed by atoms with E-state index in [-0.39, 0.29) is 11.8 Å². The van der Waals surface area contributed by atoms with Gasteiger partial charge in [-0.1, -0.05) is 32.0 Å². The third kappa shape index (κ3) is 5.81. The number of benzene rings is 1. The number of hydrogen-bond acceptors (Lipinski definition) is 5. The van der Waals surface area contributed by atoms with Gasteiger partial charge in [-0.2, -0.15) is 0 Å². The van der Waals surface area contributed by atoms with Crippen molar-refractivity contribution in [3.05, 3.63) is 46.4 Å². The number of nitrogens with zero attached hydrogens (tertiary/aromatic N) is 2. The minimum absolute atomic E-state index is 0.0193. The highest BCUT2D eigenvalue weighted by atomic mass is 32.2. The zero-order valence-electron chi connectivity index (χ0n) is 15.4. The van der Waals surface area contributed by atoms with Gasteiger partial charge in [0.05, 0.1) is 17.2 Å². The van der Waals surface area contributed by atoms with Crippen LogP contribution in [-0.4, -0.2) is 38.2 Å². The largest absolute Gasteiger partial charge is 0.353 e. The second-order valence-corrected chi connectivity index (χ2v) is 9.08. The summed E-state index contributed by atoms with van der Waals surface area (Å²) in [7, 11) is -1.67. The molecule has 26 heavy (non-hydrogen) atoms. The number of aliphatic imine (C=N–C) groups is 1. The highest BCUT2D eigenvalue weighted by molar-refractivity contribution is 7.91. The summed E-state index contributed by atoms with van der Waals surface area (Å²) in [6, 6.07) is 8.31. The maximum absolute atomic E-state index is 12.6. The zero-order chi connectivity index (χ0) is 19.0. The van der Waals surface area contributed by atoms with Crippen LogP contribution in [0, 0.1) is 0 Å². The van der Waals surface area contributed by atoms with Crippen LogP contribution in [-0.2, 0) is 22.8 Å². The molecule has 2 rings (SSSR count). The van der Waals surface area contributed by atoms with Gasteiger partial charge in [0.15, 0.2) is 15.8 Å². The van der Waals surface area contributed by atoms with E-state index in [1.807, 2.05) is 19.2 Å². The molecule has 1 unspecified atom stereocenters. The number of thiazole rings is 1. The number of guanidine groups is 1. The maximum Gasteiger partial charge on any atom is 0.191 e. The minimum Gasteiger partial charge on any atom is -0.353 e. The summed E-state index contributed by atoms with van der Waals surface area (Å²) in [4.78, 5) is 10.2. The molecule has 0 fully saturated rings. The quantitative estimate of drug-likeness (QED) is 0.531. The van der Waals surface area contributed by atoms with Crippen molar-refractivity contribution in [2.75, 3.05) is 12.8 Å². The van der Waals surface area contributed by atoms with Crippen molar-refractivity contribution in [2.45, 2.75) is 44.2 Å². The summed E-state index contributed by atoms with van der Waals surface area (Å²) in [5.74, 6) is 0.596. The molecule has 2 N–H and O–H groups in total. The van der Waals surface area contributed by atoms with Crippen molar-refractivity contribution in [3.8, 4) is 0 Å². The van der Waals surface area contributed by atoms with Crippen molar-refractivity contribution in [1.29, 1.82) is 0 Å². The van der Waals surface area contributed by atoms with E-state index in [9.17, 15) is 8.42 Å². The Morgan fingerprint density at radius 3 is 2.58 bits per heavy atom. The van der Waals surface area contributed by atoms with Crippen LogP contribution >= 0.6 is 11.3 Å². The number of sulfone groups is 1. The van der Waals surface area contributed by atoms with E-state index in [2.05, 4.69) is 27.5 Å². The van der Waals surface area contributed by atoms with Gasteiger partial charge in [0, 0.05) is 24.2 Å². The van der Waals surface area contributed by atoms with Gasteiger partial charge < -0.3 is 10.6 Å². The Kier molecular flexibility index (Phi) is 7.59. The fraction of sp³-hybridized carbons (Fsp3) is 0.444. The molecule has 0 saturated heterocycles. The van der Waals surface area contributed by atoms with E-state index >= 15 is 0 Å². The SMILES string of the molecule is CCc1cnc(CNC(=NC)NC(CC)CS(=O)(=O)c2ccccc2)s1. The van der Waals surface area contributed by atoms with E-state index in [1.54, 1.807) is 42.6 Å². The van der Waals surface area contributed by atoms with Crippen LogP contribution in [0.1, 0.15) is 30.2 Å². The minimum atomic E-state index is -3.35. The Labute approximate surface area is 159 Å². The lowest BCUT2D eigenvalue weighted by Gasteiger charge is -2.20. The Morgan fingerprint density at radius 2 is 2.00 bits per heavy atom. The molecule has 0 aliphatic heterocycles. The van der Waals surface area contributed by atoms with Gasteiger partial charge in [-0.25, -0.2) is 13.4 Å². The van der Waals surface area contributed by atoms with E-state index in [0.29, 0.717) is 23.8 Å².